The topological polar surface area (TPSA) is 61.2 Å². The molecule has 0 fully saturated rings. The van der Waals surface area contributed by atoms with Crippen molar-refractivity contribution < 1.29 is 9.59 Å². The lowest BCUT2D eigenvalue weighted by atomic mass is 10.0. The summed E-state index contributed by atoms with van der Waals surface area (Å²) in [6, 6.07) is 14.4. The number of nitriles is 1. The van der Waals surface area contributed by atoms with Gasteiger partial charge in [0.25, 0.3) is 11.8 Å². The van der Waals surface area contributed by atoms with Crippen LogP contribution < -0.4 is 0 Å². The summed E-state index contributed by atoms with van der Waals surface area (Å²) in [6.45, 7) is 2.20. The molecule has 4 heteroatoms. The number of amides is 2. The molecule has 0 aliphatic carbocycles. The Morgan fingerprint density at radius 2 is 1.68 bits per heavy atom. The molecule has 0 N–H and O–H groups in total. The van der Waals surface area contributed by atoms with Crippen LogP contribution in [0, 0.1) is 11.3 Å². The minimum atomic E-state index is -0.261. The van der Waals surface area contributed by atoms with Crippen molar-refractivity contribution in [3.8, 4) is 6.07 Å². The van der Waals surface area contributed by atoms with E-state index in [2.05, 4.69) is 6.07 Å². The second-order valence-corrected chi connectivity index (χ2v) is 5.20. The van der Waals surface area contributed by atoms with Gasteiger partial charge in [0.15, 0.2) is 0 Å². The second kappa shape index (κ2) is 5.45. The molecular weight excluding hydrogens is 276 g/mol. The maximum atomic E-state index is 12.3. The van der Waals surface area contributed by atoms with Gasteiger partial charge in [-0.2, -0.15) is 5.26 Å². The summed E-state index contributed by atoms with van der Waals surface area (Å²) in [7, 11) is 0. The van der Waals surface area contributed by atoms with E-state index in [1.807, 2.05) is 13.0 Å². The largest absolute Gasteiger partial charge is 0.270 e. The van der Waals surface area contributed by atoms with E-state index in [1.54, 1.807) is 36.4 Å². The summed E-state index contributed by atoms with van der Waals surface area (Å²) in [6.07, 6.45) is 0.735. The SMILES string of the molecule is CCc1cc(CN2C(=O)c3ccccc3C2=O)ccc1C#N. The molecule has 0 unspecified atom stereocenters. The first-order valence-corrected chi connectivity index (χ1v) is 7.12. The van der Waals surface area contributed by atoms with Crippen molar-refractivity contribution in [3.05, 3.63) is 70.3 Å². The Bertz CT molecular complexity index is 783. The quantitative estimate of drug-likeness (QED) is 0.816. The molecule has 0 saturated carbocycles. The number of benzene rings is 2. The lowest BCUT2D eigenvalue weighted by molar-refractivity contribution is 0.0642. The number of carbonyl (C=O) groups excluding carboxylic acids is 2. The van der Waals surface area contributed by atoms with Gasteiger partial charge in [0.1, 0.15) is 0 Å². The molecule has 2 amide bonds. The van der Waals surface area contributed by atoms with E-state index >= 15 is 0 Å². The highest BCUT2D eigenvalue weighted by atomic mass is 16.2. The van der Waals surface area contributed by atoms with Crippen molar-refractivity contribution in [3.63, 3.8) is 0 Å². The number of aryl methyl sites for hydroxylation is 1. The first-order valence-electron chi connectivity index (χ1n) is 7.12. The molecule has 1 aliphatic heterocycles. The molecule has 0 saturated heterocycles. The predicted octanol–water partition coefficient (Wildman–Crippen LogP) is 2.92. The van der Waals surface area contributed by atoms with Gasteiger partial charge in [-0.1, -0.05) is 31.2 Å². The van der Waals surface area contributed by atoms with Gasteiger partial charge >= 0.3 is 0 Å². The minimum Gasteiger partial charge on any atom is -0.270 e. The molecule has 0 bridgehead atoms. The molecule has 0 radical (unpaired) electrons. The number of rotatable bonds is 3. The zero-order valence-electron chi connectivity index (χ0n) is 12.2. The lowest BCUT2D eigenvalue weighted by Gasteiger charge is -2.15. The fourth-order valence-corrected chi connectivity index (χ4v) is 2.71. The van der Waals surface area contributed by atoms with E-state index < -0.39 is 0 Å². The Balaban J connectivity index is 1.91. The minimum absolute atomic E-state index is 0.227. The first kappa shape index (κ1) is 14.0. The molecule has 1 heterocycles. The van der Waals surface area contributed by atoms with E-state index in [0.29, 0.717) is 16.7 Å². The van der Waals surface area contributed by atoms with E-state index in [9.17, 15) is 9.59 Å². The Kier molecular flexibility index (Phi) is 3.48. The maximum Gasteiger partial charge on any atom is 0.261 e. The Morgan fingerprint density at radius 1 is 1.05 bits per heavy atom. The zero-order valence-corrected chi connectivity index (χ0v) is 12.2. The van der Waals surface area contributed by atoms with Crippen molar-refractivity contribution in [2.45, 2.75) is 19.9 Å². The Hall–Kier alpha value is -2.93. The number of carbonyl (C=O) groups is 2. The Labute approximate surface area is 128 Å². The Morgan fingerprint density at radius 3 is 2.23 bits per heavy atom. The number of hydrogen-bond donors (Lipinski definition) is 0. The van der Waals surface area contributed by atoms with Crippen LogP contribution in [0.4, 0.5) is 0 Å². The van der Waals surface area contributed by atoms with Crippen LogP contribution in [-0.2, 0) is 13.0 Å². The van der Waals surface area contributed by atoms with Crippen molar-refractivity contribution in [2.75, 3.05) is 0 Å². The molecule has 2 aromatic carbocycles. The van der Waals surface area contributed by atoms with Crippen LogP contribution in [0.1, 0.15) is 44.3 Å². The molecule has 1 aliphatic rings. The van der Waals surface area contributed by atoms with Gasteiger partial charge in [-0.25, -0.2) is 0 Å². The molecule has 0 atom stereocenters. The summed E-state index contributed by atoms with van der Waals surface area (Å²) >= 11 is 0. The molecule has 0 spiro atoms. The van der Waals surface area contributed by atoms with Gasteiger partial charge in [0.05, 0.1) is 29.3 Å². The van der Waals surface area contributed by atoms with Gasteiger partial charge in [0.2, 0.25) is 0 Å². The summed E-state index contributed by atoms with van der Waals surface area (Å²) in [5.41, 5.74) is 3.32. The van der Waals surface area contributed by atoms with Gasteiger partial charge in [-0.05, 0) is 35.7 Å². The highest BCUT2D eigenvalue weighted by Gasteiger charge is 2.34. The third-order valence-corrected chi connectivity index (χ3v) is 3.89. The highest BCUT2D eigenvalue weighted by molar-refractivity contribution is 6.21. The second-order valence-electron chi connectivity index (χ2n) is 5.20. The van der Waals surface area contributed by atoms with Gasteiger partial charge in [-0.3, -0.25) is 14.5 Å². The fraction of sp³-hybridized carbons (Fsp3) is 0.167. The van der Waals surface area contributed by atoms with Crippen LogP contribution >= 0.6 is 0 Å². The summed E-state index contributed by atoms with van der Waals surface area (Å²) in [5, 5.41) is 9.06. The van der Waals surface area contributed by atoms with Crippen molar-refractivity contribution in [1.82, 2.24) is 4.90 Å². The van der Waals surface area contributed by atoms with Crippen LogP contribution in [0.5, 0.6) is 0 Å². The van der Waals surface area contributed by atoms with Gasteiger partial charge < -0.3 is 0 Å². The van der Waals surface area contributed by atoms with Gasteiger partial charge in [-0.15, -0.1) is 0 Å². The molecule has 22 heavy (non-hydrogen) atoms. The highest BCUT2D eigenvalue weighted by Crippen LogP contribution is 2.24. The molecule has 4 nitrogen and oxygen atoms in total. The third kappa shape index (κ3) is 2.17. The normalized spacial score (nSPS) is 13.2. The molecule has 2 aromatic rings. The van der Waals surface area contributed by atoms with Crippen LogP contribution in [0.3, 0.4) is 0 Å². The van der Waals surface area contributed by atoms with E-state index in [-0.39, 0.29) is 18.4 Å². The first-order chi connectivity index (χ1) is 10.7. The predicted molar refractivity (Wildman–Crippen MR) is 81.2 cm³/mol. The van der Waals surface area contributed by atoms with Gasteiger partial charge in [0, 0.05) is 0 Å². The summed E-state index contributed by atoms with van der Waals surface area (Å²) in [5.74, 6) is -0.522. The summed E-state index contributed by atoms with van der Waals surface area (Å²) < 4.78 is 0. The van der Waals surface area contributed by atoms with Crippen LogP contribution in [0.15, 0.2) is 42.5 Å². The number of hydrogen-bond acceptors (Lipinski definition) is 3. The monoisotopic (exact) mass is 290 g/mol. The van der Waals surface area contributed by atoms with Crippen LogP contribution in [-0.4, -0.2) is 16.7 Å². The van der Waals surface area contributed by atoms with Crippen LogP contribution in [0.25, 0.3) is 0 Å². The average Bonchev–Trinajstić information content (AvgIpc) is 2.80. The maximum absolute atomic E-state index is 12.3. The number of nitrogens with zero attached hydrogens (tertiary/aromatic N) is 2. The summed E-state index contributed by atoms with van der Waals surface area (Å²) in [4.78, 5) is 25.9. The molecule has 3 rings (SSSR count). The van der Waals surface area contributed by atoms with Crippen LogP contribution in [0.2, 0.25) is 0 Å². The average molecular weight is 290 g/mol. The smallest absolute Gasteiger partial charge is 0.261 e. The van der Waals surface area contributed by atoms with Crippen molar-refractivity contribution in [1.29, 1.82) is 5.26 Å². The third-order valence-electron chi connectivity index (χ3n) is 3.89. The molecule has 108 valence electrons. The number of imide groups is 1. The lowest BCUT2D eigenvalue weighted by Crippen LogP contribution is -2.29. The molecular formula is C18H14N2O2. The molecule has 0 aromatic heterocycles. The van der Waals surface area contributed by atoms with Crippen molar-refractivity contribution >= 4 is 11.8 Å². The van der Waals surface area contributed by atoms with E-state index in [0.717, 1.165) is 17.5 Å². The number of fused-ring (bicyclic) bond motifs is 1. The standard InChI is InChI=1S/C18H14N2O2/c1-2-13-9-12(7-8-14(13)10-19)11-20-17(21)15-5-3-4-6-16(15)18(20)22/h3-9H,2,11H2,1H3. The van der Waals surface area contributed by atoms with Crippen molar-refractivity contribution in [2.24, 2.45) is 0 Å². The zero-order chi connectivity index (χ0) is 15.7. The fourth-order valence-electron chi connectivity index (χ4n) is 2.71. The van der Waals surface area contributed by atoms with E-state index in [1.165, 1.54) is 4.90 Å². The van der Waals surface area contributed by atoms with E-state index in [4.69, 9.17) is 5.26 Å².